The average Bonchev–Trinajstić information content (AvgIpc) is 3.56. The Bertz CT molecular complexity index is 1660. The van der Waals surface area contributed by atoms with Gasteiger partial charge < -0.3 is 15.1 Å². The van der Waals surface area contributed by atoms with Crippen LogP contribution in [0.5, 0.6) is 0 Å². The van der Waals surface area contributed by atoms with Crippen LogP contribution in [0.1, 0.15) is 0 Å². The second kappa shape index (κ2) is 11.4. The quantitative estimate of drug-likeness (QED) is 0.105. The standard InChI is InChI=1S/C25H18F5N7O2S/c26-18-17(19(27)21(29)22(30)20(18)28)24-35-37-23(33-34-25(37)40-24)13-1-3-14(4-2-13)31-32-15-5-7-16(8-6-15)36(9-11-38)10-12-39/h1-8,38-39H,9-12H2. The number of benzene rings is 3. The Hall–Kier alpha value is -4.34. The number of halogens is 5. The number of azo groups is 1. The first-order valence-corrected chi connectivity index (χ1v) is 12.5. The Morgan fingerprint density at radius 3 is 1.80 bits per heavy atom. The minimum Gasteiger partial charge on any atom is -0.395 e. The second-order valence-electron chi connectivity index (χ2n) is 8.27. The van der Waals surface area contributed by atoms with Crippen LogP contribution in [0.3, 0.4) is 0 Å². The second-order valence-corrected chi connectivity index (χ2v) is 9.22. The molecule has 2 heterocycles. The highest BCUT2D eigenvalue weighted by atomic mass is 32.1. The predicted octanol–water partition coefficient (Wildman–Crippen LogP) is 5.42. The number of rotatable bonds is 9. The number of aliphatic hydroxyl groups is 2. The van der Waals surface area contributed by atoms with Crippen molar-refractivity contribution in [3.8, 4) is 22.0 Å². The molecule has 2 aromatic heterocycles. The molecule has 0 spiro atoms. The predicted molar refractivity (Wildman–Crippen MR) is 136 cm³/mol. The van der Waals surface area contributed by atoms with Crippen LogP contribution in [0.2, 0.25) is 0 Å². The fourth-order valence-corrected chi connectivity index (χ4v) is 4.70. The molecule has 5 aromatic rings. The number of anilines is 1. The lowest BCUT2D eigenvalue weighted by Gasteiger charge is -2.22. The molecule has 0 atom stereocenters. The maximum atomic E-state index is 14.3. The number of aromatic nitrogens is 4. The molecule has 0 aliphatic rings. The van der Waals surface area contributed by atoms with Crippen LogP contribution in [0.25, 0.3) is 26.9 Å². The first-order chi connectivity index (χ1) is 19.3. The zero-order valence-electron chi connectivity index (χ0n) is 20.3. The van der Waals surface area contributed by atoms with Gasteiger partial charge in [-0.3, -0.25) is 0 Å². The molecule has 0 saturated heterocycles. The Morgan fingerprint density at radius 2 is 1.25 bits per heavy atom. The molecule has 0 unspecified atom stereocenters. The first kappa shape index (κ1) is 27.2. The Labute approximate surface area is 226 Å². The molecule has 0 bridgehead atoms. The van der Waals surface area contributed by atoms with Gasteiger partial charge in [0.2, 0.25) is 10.8 Å². The Kier molecular flexibility index (Phi) is 7.77. The highest BCUT2D eigenvalue weighted by Gasteiger charge is 2.29. The van der Waals surface area contributed by atoms with Gasteiger partial charge in [0.05, 0.1) is 30.2 Å². The molecule has 15 heteroatoms. The van der Waals surface area contributed by atoms with Crippen molar-refractivity contribution in [2.24, 2.45) is 10.2 Å². The van der Waals surface area contributed by atoms with Gasteiger partial charge in [-0.15, -0.1) is 10.2 Å². The zero-order valence-corrected chi connectivity index (χ0v) is 21.1. The molecule has 0 fully saturated rings. The number of hydrogen-bond acceptors (Lipinski definition) is 9. The van der Waals surface area contributed by atoms with Crippen molar-refractivity contribution < 1.29 is 32.2 Å². The molecule has 3 aromatic carbocycles. The summed E-state index contributed by atoms with van der Waals surface area (Å²) in [4.78, 5) is 1.91. The number of aliphatic hydroxyl groups excluding tert-OH is 2. The van der Waals surface area contributed by atoms with E-state index in [1.807, 2.05) is 4.90 Å². The number of hydrogen-bond donors (Lipinski definition) is 2. The fraction of sp³-hybridized carbons (Fsp3) is 0.160. The topological polar surface area (TPSA) is 112 Å². The van der Waals surface area contributed by atoms with E-state index in [1.54, 1.807) is 48.5 Å². The lowest BCUT2D eigenvalue weighted by atomic mass is 10.2. The number of nitrogens with zero attached hydrogens (tertiary/aromatic N) is 7. The van der Waals surface area contributed by atoms with E-state index in [2.05, 4.69) is 25.5 Å². The van der Waals surface area contributed by atoms with Gasteiger partial charge in [0, 0.05) is 24.3 Å². The van der Waals surface area contributed by atoms with E-state index in [9.17, 15) is 32.2 Å². The van der Waals surface area contributed by atoms with Gasteiger partial charge in [0.15, 0.2) is 34.1 Å². The summed E-state index contributed by atoms with van der Waals surface area (Å²) >= 11 is 0.615. The molecule has 0 saturated carbocycles. The summed E-state index contributed by atoms with van der Waals surface area (Å²) in [6.45, 7) is 0.663. The van der Waals surface area contributed by atoms with E-state index in [0.29, 0.717) is 41.4 Å². The third-order valence-electron chi connectivity index (χ3n) is 5.78. The van der Waals surface area contributed by atoms with Crippen molar-refractivity contribution in [2.45, 2.75) is 0 Å². The van der Waals surface area contributed by atoms with Gasteiger partial charge in [-0.1, -0.05) is 11.3 Å². The molecule has 5 rings (SSSR count). The lowest BCUT2D eigenvalue weighted by molar-refractivity contribution is 0.281. The highest BCUT2D eigenvalue weighted by Crippen LogP contribution is 2.35. The normalized spacial score (nSPS) is 11.7. The van der Waals surface area contributed by atoms with Gasteiger partial charge in [-0.05, 0) is 48.5 Å². The van der Waals surface area contributed by atoms with E-state index >= 15 is 0 Å². The van der Waals surface area contributed by atoms with Crippen molar-refractivity contribution in [3.05, 3.63) is 77.6 Å². The van der Waals surface area contributed by atoms with Crippen LogP contribution in [-0.2, 0) is 0 Å². The summed E-state index contributed by atoms with van der Waals surface area (Å²) in [5, 5.41) is 38.2. The van der Waals surface area contributed by atoms with Gasteiger partial charge in [-0.2, -0.15) is 19.8 Å². The largest absolute Gasteiger partial charge is 0.395 e. The van der Waals surface area contributed by atoms with E-state index in [0.717, 1.165) is 10.2 Å². The summed E-state index contributed by atoms with van der Waals surface area (Å²) < 4.78 is 70.4. The maximum absolute atomic E-state index is 14.3. The van der Waals surface area contributed by atoms with Gasteiger partial charge >= 0.3 is 0 Å². The van der Waals surface area contributed by atoms with Crippen LogP contribution < -0.4 is 4.90 Å². The van der Waals surface area contributed by atoms with Crippen LogP contribution in [0.4, 0.5) is 39.0 Å². The minimum atomic E-state index is -2.25. The summed E-state index contributed by atoms with van der Waals surface area (Å²) in [6, 6.07) is 13.6. The van der Waals surface area contributed by atoms with E-state index in [4.69, 9.17) is 0 Å². The van der Waals surface area contributed by atoms with Crippen LogP contribution in [-0.4, -0.2) is 56.3 Å². The summed E-state index contributed by atoms with van der Waals surface area (Å²) in [5.41, 5.74) is 1.24. The third-order valence-corrected chi connectivity index (χ3v) is 6.69. The molecule has 0 amide bonds. The smallest absolute Gasteiger partial charge is 0.235 e. The SMILES string of the molecule is OCCN(CCO)c1ccc(N=Nc2ccc(-c3nnc4sc(-c5c(F)c(F)c(F)c(F)c5F)nn34)cc2)cc1. The molecule has 0 aliphatic carbocycles. The van der Waals surface area contributed by atoms with Crippen LogP contribution in [0.15, 0.2) is 58.8 Å². The highest BCUT2D eigenvalue weighted by molar-refractivity contribution is 7.19. The van der Waals surface area contributed by atoms with Gasteiger partial charge in [0.25, 0.3) is 0 Å². The number of fused-ring (bicyclic) bond motifs is 1. The van der Waals surface area contributed by atoms with E-state index < -0.39 is 39.7 Å². The maximum Gasteiger partial charge on any atom is 0.235 e. The molecule has 2 N–H and O–H groups in total. The molecule has 9 nitrogen and oxygen atoms in total. The van der Waals surface area contributed by atoms with Crippen molar-refractivity contribution in [3.63, 3.8) is 0 Å². The average molecular weight is 576 g/mol. The van der Waals surface area contributed by atoms with E-state index in [-0.39, 0.29) is 24.0 Å². The van der Waals surface area contributed by atoms with Crippen molar-refractivity contribution in [1.82, 2.24) is 19.8 Å². The van der Waals surface area contributed by atoms with Crippen molar-refractivity contribution in [2.75, 3.05) is 31.2 Å². The van der Waals surface area contributed by atoms with Crippen molar-refractivity contribution in [1.29, 1.82) is 0 Å². The van der Waals surface area contributed by atoms with E-state index in [1.165, 1.54) is 0 Å². The zero-order chi connectivity index (χ0) is 28.4. The molecule has 0 radical (unpaired) electrons. The lowest BCUT2D eigenvalue weighted by Crippen LogP contribution is -2.29. The molecule has 40 heavy (non-hydrogen) atoms. The first-order valence-electron chi connectivity index (χ1n) is 11.6. The Morgan fingerprint density at radius 1 is 0.725 bits per heavy atom. The molecular weight excluding hydrogens is 557 g/mol. The summed E-state index contributed by atoms with van der Waals surface area (Å²) in [5.74, 6) is -10.2. The van der Waals surface area contributed by atoms with Crippen molar-refractivity contribution >= 4 is 33.4 Å². The third kappa shape index (κ3) is 5.13. The monoisotopic (exact) mass is 575 g/mol. The van der Waals surface area contributed by atoms with Crippen LogP contribution in [0, 0.1) is 29.1 Å². The summed E-state index contributed by atoms with van der Waals surface area (Å²) in [6.07, 6.45) is 0. The minimum absolute atomic E-state index is 0.0489. The fourth-order valence-electron chi connectivity index (χ4n) is 3.82. The Balaban J connectivity index is 1.36. The molecule has 206 valence electrons. The summed E-state index contributed by atoms with van der Waals surface area (Å²) in [7, 11) is 0. The van der Waals surface area contributed by atoms with Gasteiger partial charge in [-0.25, -0.2) is 22.0 Å². The molecule has 0 aliphatic heterocycles. The van der Waals surface area contributed by atoms with Gasteiger partial charge in [0.1, 0.15) is 0 Å². The molecular formula is C25H18F5N7O2S. The van der Waals surface area contributed by atoms with Crippen LogP contribution >= 0.6 is 11.3 Å².